The number of anilines is 3. The van der Waals surface area contributed by atoms with Gasteiger partial charge >= 0.3 is 0 Å². The second kappa shape index (κ2) is 11.1. The molecule has 9 rings (SSSR count). The van der Waals surface area contributed by atoms with E-state index in [-0.39, 0.29) is 11.4 Å². The lowest BCUT2D eigenvalue weighted by atomic mass is 9.88. The summed E-state index contributed by atoms with van der Waals surface area (Å²) < 4.78 is 6.34. The highest BCUT2D eigenvalue weighted by atomic mass is 16.3. The van der Waals surface area contributed by atoms with Gasteiger partial charge in [-0.1, -0.05) is 109 Å². The predicted octanol–water partition coefficient (Wildman–Crippen LogP) is 12.0. The van der Waals surface area contributed by atoms with E-state index in [4.69, 9.17) is 15.2 Å². The summed E-state index contributed by atoms with van der Waals surface area (Å²) in [4.78, 5) is 2.33. The Labute approximate surface area is 277 Å². The Kier molecular flexibility index (Phi) is 6.41. The Morgan fingerprint density at radius 3 is 1.96 bits per heavy atom. The number of hydrogen-bond acceptors (Lipinski definition) is 4. The number of para-hydroxylation sites is 1. The van der Waals surface area contributed by atoms with Gasteiger partial charge in [0.05, 0.1) is 22.5 Å². The monoisotopic (exact) mass is 615 g/mol. The highest BCUT2D eigenvalue weighted by molar-refractivity contribution is 6.53. The summed E-state index contributed by atoms with van der Waals surface area (Å²) in [6.07, 6.45) is 3.63. The van der Waals surface area contributed by atoms with Crippen LogP contribution in [0.4, 0.5) is 17.1 Å². The summed E-state index contributed by atoms with van der Waals surface area (Å²) in [6, 6.07) is 52.9. The Morgan fingerprint density at radius 2 is 1.15 bits per heavy atom. The maximum atomic E-state index is 8.59. The minimum Gasteiger partial charge on any atom is -0.456 e. The summed E-state index contributed by atoms with van der Waals surface area (Å²) in [7, 11) is 0. The molecule has 0 bridgehead atoms. The van der Waals surface area contributed by atoms with Crippen LogP contribution in [-0.2, 0) is 0 Å². The minimum atomic E-state index is 0.239. The zero-order valence-electron chi connectivity index (χ0n) is 25.9. The van der Waals surface area contributed by atoms with E-state index in [2.05, 4.69) is 126 Å². The van der Waals surface area contributed by atoms with Crippen LogP contribution in [0.5, 0.6) is 0 Å². The lowest BCUT2D eigenvalue weighted by Gasteiger charge is -2.27. The molecule has 0 atom stereocenters. The second-order valence-corrected chi connectivity index (χ2v) is 12.1. The minimum absolute atomic E-state index is 0.239. The van der Waals surface area contributed by atoms with Gasteiger partial charge in [-0.25, -0.2) is 0 Å². The molecule has 7 aromatic carbocycles. The van der Waals surface area contributed by atoms with Crippen molar-refractivity contribution in [2.75, 3.05) is 4.90 Å². The molecule has 1 aromatic heterocycles. The fraction of sp³-hybridized carbons (Fsp3) is 0. The highest BCUT2D eigenvalue weighted by Gasteiger charge is 2.21. The van der Waals surface area contributed by atoms with Crippen molar-refractivity contribution in [1.82, 2.24) is 0 Å². The topological polar surface area (TPSA) is 64.1 Å². The van der Waals surface area contributed by atoms with Crippen molar-refractivity contribution in [3.05, 3.63) is 169 Å². The van der Waals surface area contributed by atoms with Gasteiger partial charge in [-0.15, -0.1) is 0 Å². The van der Waals surface area contributed by atoms with E-state index in [0.717, 1.165) is 83.2 Å². The third-order valence-electron chi connectivity index (χ3n) is 9.27. The summed E-state index contributed by atoms with van der Waals surface area (Å²) in [5.41, 5.74) is 11.6. The molecule has 0 amide bonds. The maximum Gasteiger partial charge on any atom is 0.137 e. The average molecular weight is 616 g/mol. The molecule has 0 aliphatic heterocycles. The summed E-state index contributed by atoms with van der Waals surface area (Å²) in [5.74, 6) is 0. The average Bonchev–Trinajstić information content (AvgIpc) is 3.53. The number of rotatable bonds is 5. The molecule has 4 heteroatoms. The smallest absolute Gasteiger partial charge is 0.137 e. The number of hydrogen-bond donors (Lipinski definition) is 2. The molecule has 226 valence electrons. The number of nitrogens with one attached hydrogen (secondary N) is 2. The number of allylic oxidation sites excluding steroid dienone is 1. The summed E-state index contributed by atoms with van der Waals surface area (Å²) >= 11 is 0. The van der Waals surface area contributed by atoms with Crippen LogP contribution in [0.1, 0.15) is 11.1 Å². The fourth-order valence-corrected chi connectivity index (χ4v) is 6.98. The molecule has 2 N–H and O–H groups in total. The molecule has 4 nitrogen and oxygen atoms in total. The molecule has 0 unspecified atom stereocenters. The van der Waals surface area contributed by atoms with Crippen molar-refractivity contribution in [1.29, 1.82) is 10.8 Å². The van der Waals surface area contributed by atoms with Crippen LogP contribution in [0.15, 0.2) is 162 Å². The molecule has 8 aromatic rings. The van der Waals surface area contributed by atoms with Crippen LogP contribution in [0.3, 0.4) is 0 Å². The fourth-order valence-electron chi connectivity index (χ4n) is 6.98. The van der Waals surface area contributed by atoms with Crippen LogP contribution in [0, 0.1) is 10.8 Å². The van der Waals surface area contributed by atoms with Gasteiger partial charge < -0.3 is 9.32 Å². The second-order valence-electron chi connectivity index (χ2n) is 12.1. The number of furan rings is 1. The van der Waals surface area contributed by atoms with Crippen LogP contribution in [0.25, 0.3) is 61.0 Å². The van der Waals surface area contributed by atoms with Crippen molar-refractivity contribution in [2.45, 2.75) is 0 Å². The lowest BCUT2D eigenvalue weighted by molar-refractivity contribution is 0.669. The molecule has 48 heavy (non-hydrogen) atoms. The van der Waals surface area contributed by atoms with Crippen molar-refractivity contribution < 1.29 is 4.42 Å². The zero-order chi connectivity index (χ0) is 32.2. The van der Waals surface area contributed by atoms with Crippen molar-refractivity contribution in [3.63, 3.8) is 0 Å². The molecule has 1 aliphatic rings. The predicted molar refractivity (Wildman–Crippen MR) is 200 cm³/mol. The SMILES string of the molecule is N=C1C=Cc2ccc3cc(-c4cccc(N(c5cccc(-c6ccccc6)c5)c5cccc6oc7ccccc7c56)c4)ccc3c2C1=N. The number of fused-ring (bicyclic) bond motifs is 6. The van der Waals surface area contributed by atoms with Gasteiger partial charge in [0.2, 0.25) is 0 Å². The summed E-state index contributed by atoms with van der Waals surface area (Å²) in [6.45, 7) is 0. The van der Waals surface area contributed by atoms with Crippen molar-refractivity contribution in [3.8, 4) is 22.3 Å². The molecule has 0 saturated carbocycles. The van der Waals surface area contributed by atoms with Crippen LogP contribution >= 0.6 is 0 Å². The van der Waals surface area contributed by atoms with Gasteiger partial charge in [-0.3, -0.25) is 10.8 Å². The van der Waals surface area contributed by atoms with Crippen LogP contribution in [0.2, 0.25) is 0 Å². The van der Waals surface area contributed by atoms with Crippen molar-refractivity contribution in [2.24, 2.45) is 0 Å². The molecule has 0 fully saturated rings. The zero-order valence-corrected chi connectivity index (χ0v) is 25.9. The van der Waals surface area contributed by atoms with Gasteiger partial charge in [0, 0.05) is 22.3 Å². The molecule has 1 aliphatic carbocycles. The van der Waals surface area contributed by atoms with Gasteiger partial charge in [-0.05, 0) is 93.2 Å². The van der Waals surface area contributed by atoms with Crippen LogP contribution < -0.4 is 4.90 Å². The van der Waals surface area contributed by atoms with Crippen molar-refractivity contribution >= 4 is 67.3 Å². The van der Waals surface area contributed by atoms with E-state index in [1.807, 2.05) is 36.4 Å². The Balaban J connectivity index is 1.23. The van der Waals surface area contributed by atoms with E-state index in [9.17, 15) is 0 Å². The first-order chi connectivity index (χ1) is 23.6. The van der Waals surface area contributed by atoms with E-state index in [0.29, 0.717) is 0 Å². The third-order valence-corrected chi connectivity index (χ3v) is 9.27. The third kappa shape index (κ3) is 4.54. The molecule has 0 radical (unpaired) electrons. The quantitative estimate of drug-likeness (QED) is 0.202. The lowest BCUT2D eigenvalue weighted by Crippen LogP contribution is -2.16. The molecule has 0 saturated heterocycles. The van der Waals surface area contributed by atoms with Gasteiger partial charge in [0.25, 0.3) is 0 Å². The van der Waals surface area contributed by atoms with Gasteiger partial charge in [0.15, 0.2) is 0 Å². The van der Waals surface area contributed by atoms with Gasteiger partial charge in [-0.2, -0.15) is 0 Å². The van der Waals surface area contributed by atoms with E-state index >= 15 is 0 Å². The number of nitrogens with zero attached hydrogens (tertiary/aromatic N) is 1. The summed E-state index contributed by atoms with van der Waals surface area (Å²) in [5, 5.41) is 21.0. The first-order valence-electron chi connectivity index (χ1n) is 16.0. The molecule has 1 heterocycles. The highest BCUT2D eigenvalue weighted by Crippen LogP contribution is 2.44. The maximum absolute atomic E-state index is 8.59. The van der Waals surface area contributed by atoms with E-state index in [1.54, 1.807) is 6.08 Å². The molecular weight excluding hydrogens is 587 g/mol. The van der Waals surface area contributed by atoms with E-state index < -0.39 is 0 Å². The Bertz CT molecular complexity index is 2610. The van der Waals surface area contributed by atoms with Gasteiger partial charge in [0.1, 0.15) is 11.2 Å². The van der Waals surface area contributed by atoms with Crippen LogP contribution in [-0.4, -0.2) is 11.4 Å². The molecule has 0 spiro atoms. The molecular formula is C44H29N3O. The normalized spacial score (nSPS) is 12.6. The first-order valence-corrected chi connectivity index (χ1v) is 16.0. The van der Waals surface area contributed by atoms with E-state index in [1.165, 1.54) is 0 Å². The Hall–Kier alpha value is -6.52. The standard InChI is InChI=1S/C44H29N3O/c45-38-24-22-29-19-20-33-25-32(21-23-36(33)42(29)44(38)46)31-12-7-14-35(27-31)47(34-13-6-11-30(26-34)28-9-2-1-3-10-28)39-16-8-18-41-43(39)37-15-4-5-17-40(37)48-41/h1-27,45-46H. The first kappa shape index (κ1) is 27.8. The number of benzene rings is 7. The largest absolute Gasteiger partial charge is 0.456 e. The Morgan fingerprint density at radius 1 is 0.479 bits per heavy atom.